The number of aliphatic hydroxyl groups is 1. The van der Waals surface area contributed by atoms with Gasteiger partial charge in [-0.2, -0.15) is 0 Å². The van der Waals surface area contributed by atoms with Gasteiger partial charge < -0.3 is 10.2 Å². The van der Waals surface area contributed by atoms with Gasteiger partial charge in [0.25, 0.3) is 0 Å². The largest absolute Gasteiger partial charge is 0.505 e. The first kappa shape index (κ1) is 15.5. The van der Waals surface area contributed by atoms with Gasteiger partial charge in [0.1, 0.15) is 12.0 Å². The molecule has 2 rings (SSSR count). The summed E-state index contributed by atoms with van der Waals surface area (Å²) in [6.45, 7) is 1.29. The van der Waals surface area contributed by atoms with E-state index in [-0.39, 0.29) is 17.9 Å². The Morgan fingerprint density at radius 3 is 2.30 bits per heavy atom. The van der Waals surface area contributed by atoms with E-state index in [0.717, 1.165) is 6.29 Å². The van der Waals surface area contributed by atoms with Crippen molar-refractivity contribution in [2.75, 3.05) is 0 Å². The Morgan fingerprint density at radius 2 is 1.85 bits per heavy atom. The number of nitrogens with zero attached hydrogens (tertiary/aromatic N) is 2. The fourth-order valence-corrected chi connectivity index (χ4v) is 1.35. The lowest BCUT2D eigenvalue weighted by Crippen LogP contribution is -1.96. The maximum Gasteiger partial charge on any atom is 0.154 e. The summed E-state index contributed by atoms with van der Waals surface area (Å²) in [6, 6.07) is 3.32. The van der Waals surface area contributed by atoms with Crippen LogP contribution < -0.4 is 0 Å². The molecule has 0 aliphatic carbocycles. The van der Waals surface area contributed by atoms with Gasteiger partial charge >= 0.3 is 0 Å². The SMILES string of the molecule is Cc1ncc(CO)c(C=O)c1O.O=Cc1ccncc1. The first-order valence-electron chi connectivity index (χ1n) is 5.72. The summed E-state index contributed by atoms with van der Waals surface area (Å²) in [6.07, 6.45) is 5.85. The zero-order valence-electron chi connectivity index (χ0n) is 10.9. The van der Waals surface area contributed by atoms with Crippen LogP contribution in [0.4, 0.5) is 0 Å². The van der Waals surface area contributed by atoms with Crippen LogP contribution in [-0.2, 0) is 6.61 Å². The Labute approximate surface area is 115 Å². The molecule has 0 aliphatic rings. The molecule has 0 unspecified atom stereocenters. The van der Waals surface area contributed by atoms with E-state index in [1.807, 2.05) is 0 Å². The van der Waals surface area contributed by atoms with Crippen molar-refractivity contribution in [3.05, 3.63) is 53.1 Å². The van der Waals surface area contributed by atoms with Crippen molar-refractivity contribution >= 4 is 12.6 Å². The van der Waals surface area contributed by atoms with Crippen molar-refractivity contribution in [1.82, 2.24) is 9.97 Å². The number of hydrogen-bond acceptors (Lipinski definition) is 6. The molecule has 20 heavy (non-hydrogen) atoms. The molecule has 0 fully saturated rings. The van der Waals surface area contributed by atoms with E-state index < -0.39 is 0 Å². The van der Waals surface area contributed by atoms with Crippen LogP contribution >= 0.6 is 0 Å². The minimum Gasteiger partial charge on any atom is -0.505 e. The van der Waals surface area contributed by atoms with Crippen molar-refractivity contribution in [1.29, 1.82) is 0 Å². The van der Waals surface area contributed by atoms with E-state index >= 15 is 0 Å². The highest BCUT2D eigenvalue weighted by molar-refractivity contribution is 5.81. The molecular weight excluding hydrogens is 260 g/mol. The Morgan fingerprint density at radius 1 is 1.20 bits per heavy atom. The number of aldehydes is 2. The van der Waals surface area contributed by atoms with Crippen LogP contribution in [-0.4, -0.2) is 32.8 Å². The Bertz CT molecular complexity index is 585. The molecule has 0 atom stereocenters. The first-order chi connectivity index (χ1) is 9.63. The van der Waals surface area contributed by atoms with Crippen LogP contribution in [0.15, 0.2) is 30.7 Å². The Balaban J connectivity index is 0.000000217. The number of aryl methyl sites for hydroxylation is 1. The first-order valence-corrected chi connectivity index (χ1v) is 5.72. The molecule has 2 N–H and O–H groups in total. The van der Waals surface area contributed by atoms with Crippen LogP contribution in [0.1, 0.15) is 32.0 Å². The summed E-state index contributed by atoms with van der Waals surface area (Å²) in [7, 11) is 0. The fourth-order valence-electron chi connectivity index (χ4n) is 1.35. The minimum absolute atomic E-state index is 0.116. The lowest BCUT2D eigenvalue weighted by molar-refractivity contribution is 0.111. The zero-order valence-corrected chi connectivity index (χ0v) is 10.9. The second-order valence-corrected chi connectivity index (χ2v) is 3.81. The standard InChI is InChI=1S/C8H9NO3.C6H5NO/c1-5-8(12)7(4-11)6(3-10)2-9-5;8-5-6-1-3-7-4-2-6/h2,4,10,12H,3H2,1H3;1-5H. The maximum absolute atomic E-state index is 10.5. The second-order valence-electron chi connectivity index (χ2n) is 3.81. The summed E-state index contributed by atoms with van der Waals surface area (Å²) in [5, 5.41) is 18.1. The van der Waals surface area contributed by atoms with Gasteiger partial charge in [-0.25, -0.2) is 0 Å². The third-order valence-corrected chi connectivity index (χ3v) is 2.49. The third kappa shape index (κ3) is 3.96. The molecule has 0 aromatic carbocycles. The van der Waals surface area contributed by atoms with Gasteiger partial charge in [-0.3, -0.25) is 19.6 Å². The number of hydrogen-bond donors (Lipinski definition) is 2. The summed E-state index contributed by atoms with van der Waals surface area (Å²) in [4.78, 5) is 28.0. The van der Waals surface area contributed by atoms with E-state index in [0.29, 0.717) is 23.1 Å². The average molecular weight is 274 g/mol. The second kappa shape index (κ2) is 7.75. The van der Waals surface area contributed by atoms with Gasteiger partial charge in [0.15, 0.2) is 6.29 Å². The summed E-state index contributed by atoms with van der Waals surface area (Å²) in [5.41, 5.74) is 1.51. The number of aromatic hydroxyl groups is 1. The predicted molar refractivity (Wildman–Crippen MR) is 71.6 cm³/mol. The summed E-state index contributed by atoms with van der Waals surface area (Å²) < 4.78 is 0. The van der Waals surface area contributed by atoms with E-state index in [9.17, 15) is 14.7 Å². The van der Waals surface area contributed by atoms with Crippen molar-refractivity contribution in [3.8, 4) is 5.75 Å². The monoisotopic (exact) mass is 274 g/mol. The van der Waals surface area contributed by atoms with Gasteiger partial charge in [-0.1, -0.05) is 0 Å². The van der Waals surface area contributed by atoms with Crippen LogP contribution in [0.5, 0.6) is 5.75 Å². The number of aromatic nitrogens is 2. The average Bonchev–Trinajstić information content (AvgIpc) is 2.51. The molecule has 0 amide bonds. The Hall–Kier alpha value is -2.60. The molecule has 0 saturated heterocycles. The molecule has 2 aromatic heterocycles. The lowest BCUT2D eigenvalue weighted by atomic mass is 10.1. The lowest BCUT2D eigenvalue weighted by Gasteiger charge is -2.04. The van der Waals surface area contributed by atoms with Crippen molar-refractivity contribution in [2.24, 2.45) is 0 Å². The molecular formula is C14H14N2O4. The zero-order chi connectivity index (χ0) is 15.0. The third-order valence-electron chi connectivity index (χ3n) is 2.49. The van der Waals surface area contributed by atoms with Gasteiger partial charge in [0, 0.05) is 29.7 Å². The number of pyridine rings is 2. The Kier molecular flexibility index (Phi) is 5.99. The molecule has 0 radical (unpaired) electrons. The molecule has 0 spiro atoms. The summed E-state index contributed by atoms with van der Waals surface area (Å²) in [5.74, 6) is -0.156. The van der Waals surface area contributed by atoms with Gasteiger partial charge in [-0.05, 0) is 19.1 Å². The molecule has 0 bridgehead atoms. The van der Waals surface area contributed by atoms with Crippen molar-refractivity contribution < 1.29 is 19.8 Å². The topological polar surface area (TPSA) is 100 Å². The van der Waals surface area contributed by atoms with Crippen LogP contribution in [0.2, 0.25) is 0 Å². The number of aliphatic hydroxyl groups excluding tert-OH is 1. The highest BCUT2D eigenvalue weighted by Crippen LogP contribution is 2.21. The van der Waals surface area contributed by atoms with Crippen LogP contribution in [0.3, 0.4) is 0 Å². The molecule has 6 heteroatoms. The minimum atomic E-state index is -0.297. The highest BCUT2D eigenvalue weighted by Gasteiger charge is 2.09. The van der Waals surface area contributed by atoms with E-state index in [1.54, 1.807) is 31.5 Å². The van der Waals surface area contributed by atoms with Crippen LogP contribution in [0, 0.1) is 6.92 Å². The normalized spacial score (nSPS) is 9.30. The van der Waals surface area contributed by atoms with Crippen molar-refractivity contribution in [3.63, 3.8) is 0 Å². The van der Waals surface area contributed by atoms with E-state index in [2.05, 4.69) is 9.97 Å². The number of carbonyl (C=O) groups excluding carboxylic acids is 2. The molecule has 2 heterocycles. The predicted octanol–water partition coefficient (Wildman–Crippen LogP) is 1.29. The maximum atomic E-state index is 10.5. The molecule has 0 saturated carbocycles. The van der Waals surface area contributed by atoms with Crippen LogP contribution in [0.25, 0.3) is 0 Å². The molecule has 6 nitrogen and oxygen atoms in total. The van der Waals surface area contributed by atoms with E-state index in [4.69, 9.17) is 5.11 Å². The summed E-state index contributed by atoms with van der Waals surface area (Å²) >= 11 is 0. The highest BCUT2D eigenvalue weighted by atomic mass is 16.3. The fraction of sp³-hybridized carbons (Fsp3) is 0.143. The van der Waals surface area contributed by atoms with E-state index in [1.165, 1.54) is 6.20 Å². The number of carbonyl (C=O) groups is 2. The molecule has 0 aliphatic heterocycles. The molecule has 104 valence electrons. The van der Waals surface area contributed by atoms with Gasteiger partial charge in [0.05, 0.1) is 17.9 Å². The quantitative estimate of drug-likeness (QED) is 0.818. The smallest absolute Gasteiger partial charge is 0.154 e. The van der Waals surface area contributed by atoms with Gasteiger partial charge in [-0.15, -0.1) is 0 Å². The van der Waals surface area contributed by atoms with Gasteiger partial charge in [0.2, 0.25) is 0 Å². The van der Waals surface area contributed by atoms with Crippen molar-refractivity contribution in [2.45, 2.75) is 13.5 Å². The number of rotatable bonds is 3. The molecule has 2 aromatic rings.